The van der Waals surface area contributed by atoms with Crippen LogP contribution in [0, 0.1) is 0 Å². The van der Waals surface area contributed by atoms with Gasteiger partial charge in [-0.2, -0.15) is 0 Å². The predicted molar refractivity (Wildman–Crippen MR) is 118 cm³/mol. The van der Waals surface area contributed by atoms with Gasteiger partial charge in [0.2, 0.25) is 0 Å². The van der Waals surface area contributed by atoms with Gasteiger partial charge in [0.1, 0.15) is 11.4 Å². The van der Waals surface area contributed by atoms with Crippen LogP contribution in [0.4, 0.5) is 0 Å². The van der Waals surface area contributed by atoms with Gasteiger partial charge >= 0.3 is 5.63 Å². The lowest BCUT2D eigenvalue weighted by Gasteiger charge is -2.27. The minimum absolute atomic E-state index is 0.190. The fourth-order valence-electron chi connectivity index (χ4n) is 3.80. The largest absolute Gasteiger partial charge is 0.422 e. The number of nitrogens with zero attached hydrogens (tertiary/aromatic N) is 3. The van der Waals surface area contributed by atoms with Crippen molar-refractivity contribution in [3.8, 4) is 11.4 Å². The van der Waals surface area contributed by atoms with E-state index in [1.54, 1.807) is 42.7 Å². The SMILES string of the molecule is O=c1[nH]c(-c2ccncc2)nc2c1CN(Cc1c(Cl)c3cc(Cl)ccc3oc1=O)CC2. The van der Waals surface area contributed by atoms with Crippen LogP contribution in [-0.2, 0) is 19.5 Å². The summed E-state index contributed by atoms with van der Waals surface area (Å²) in [6, 6.07) is 8.54. The summed E-state index contributed by atoms with van der Waals surface area (Å²) in [7, 11) is 0. The predicted octanol–water partition coefficient (Wildman–Crippen LogP) is 3.80. The molecule has 1 aromatic carbocycles. The second kappa shape index (κ2) is 7.92. The van der Waals surface area contributed by atoms with Gasteiger partial charge in [0.05, 0.1) is 21.8 Å². The van der Waals surface area contributed by atoms with Gasteiger partial charge in [-0.1, -0.05) is 23.2 Å². The van der Waals surface area contributed by atoms with Crippen LogP contribution in [0.1, 0.15) is 16.8 Å². The van der Waals surface area contributed by atoms with Crippen molar-refractivity contribution in [1.82, 2.24) is 19.9 Å². The van der Waals surface area contributed by atoms with Gasteiger partial charge in [0, 0.05) is 54.4 Å². The van der Waals surface area contributed by atoms with Crippen molar-refractivity contribution in [2.24, 2.45) is 0 Å². The van der Waals surface area contributed by atoms with E-state index in [4.69, 9.17) is 27.6 Å². The zero-order chi connectivity index (χ0) is 21.5. The number of rotatable bonds is 3. The van der Waals surface area contributed by atoms with Crippen molar-refractivity contribution >= 4 is 34.2 Å². The lowest BCUT2D eigenvalue weighted by molar-refractivity contribution is 0.239. The zero-order valence-corrected chi connectivity index (χ0v) is 17.7. The summed E-state index contributed by atoms with van der Waals surface area (Å²) < 4.78 is 5.42. The van der Waals surface area contributed by atoms with Crippen molar-refractivity contribution in [2.75, 3.05) is 6.54 Å². The first-order valence-electron chi connectivity index (χ1n) is 9.65. The number of hydrogen-bond donors (Lipinski definition) is 1. The fourth-order valence-corrected chi connectivity index (χ4v) is 4.25. The summed E-state index contributed by atoms with van der Waals surface area (Å²) in [5.74, 6) is 0.523. The maximum atomic E-state index is 12.7. The van der Waals surface area contributed by atoms with Crippen LogP contribution >= 0.6 is 23.2 Å². The standard InChI is InChI=1S/C22H16Cl2N4O3/c23-13-1-2-18-14(9-13)19(24)16(22(30)31-18)11-28-8-5-17-15(10-28)21(29)27-20(26-17)12-3-6-25-7-4-12/h1-4,6-7,9H,5,8,10-11H2,(H,26,27,29). The summed E-state index contributed by atoms with van der Waals surface area (Å²) >= 11 is 12.6. The Balaban J connectivity index is 1.46. The van der Waals surface area contributed by atoms with Crippen LogP contribution in [0.15, 0.2) is 56.7 Å². The lowest BCUT2D eigenvalue weighted by Crippen LogP contribution is -2.36. The first-order chi connectivity index (χ1) is 15.0. The van der Waals surface area contributed by atoms with Crippen molar-refractivity contribution in [3.63, 3.8) is 0 Å². The fraction of sp³-hybridized carbons (Fsp3) is 0.182. The Morgan fingerprint density at radius 3 is 2.74 bits per heavy atom. The quantitative estimate of drug-likeness (QED) is 0.473. The molecule has 156 valence electrons. The van der Waals surface area contributed by atoms with Gasteiger partial charge < -0.3 is 9.40 Å². The molecule has 0 saturated carbocycles. The topological polar surface area (TPSA) is 92.1 Å². The van der Waals surface area contributed by atoms with Crippen molar-refractivity contribution in [1.29, 1.82) is 0 Å². The van der Waals surface area contributed by atoms with E-state index in [9.17, 15) is 9.59 Å². The molecule has 1 aliphatic heterocycles. The minimum Gasteiger partial charge on any atom is -0.422 e. The van der Waals surface area contributed by atoms with Crippen molar-refractivity contribution < 1.29 is 4.42 Å². The maximum absolute atomic E-state index is 12.7. The van der Waals surface area contributed by atoms with Gasteiger partial charge in [-0.3, -0.25) is 14.7 Å². The highest BCUT2D eigenvalue weighted by molar-refractivity contribution is 6.37. The molecule has 1 aliphatic rings. The average molecular weight is 455 g/mol. The molecule has 4 aromatic rings. The van der Waals surface area contributed by atoms with Crippen LogP contribution in [0.25, 0.3) is 22.4 Å². The highest BCUT2D eigenvalue weighted by atomic mass is 35.5. The zero-order valence-electron chi connectivity index (χ0n) is 16.2. The number of nitrogens with one attached hydrogen (secondary N) is 1. The number of halogens is 2. The number of benzene rings is 1. The second-order valence-corrected chi connectivity index (χ2v) is 8.17. The molecule has 4 heterocycles. The third-order valence-corrected chi connectivity index (χ3v) is 6.04. The Kier molecular flexibility index (Phi) is 5.09. The third-order valence-electron chi connectivity index (χ3n) is 5.38. The number of fused-ring (bicyclic) bond motifs is 2. The molecule has 0 unspecified atom stereocenters. The van der Waals surface area contributed by atoms with E-state index in [-0.39, 0.29) is 12.1 Å². The molecular weight excluding hydrogens is 439 g/mol. The Hall–Kier alpha value is -3.00. The third kappa shape index (κ3) is 3.76. The van der Waals surface area contributed by atoms with E-state index >= 15 is 0 Å². The van der Waals surface area contributed by atoms with E-state index in [0.717, 1.165) is 11.3 Å². The van der Waals surface area contributed by atoms with E-state index < -0.39 is 5.63 Å². The van der Waals surface area contributed by atoms with Gasteiger partial charge in [-0.05, 0) is 30.3 Å². The first-order valence-corrected chi connectivity index (χ1v) is 10.4. The molecule has 0 fully saturated rings. The summed E-state index contributed by atoms with van der Waals surface area (Å²) in [4.78, 5) is 38.7. The smallest absolute Gasteiger partial charge is 0.342 e. The molecule has 0 bridgehead atoms. The van der Waals surface area contributed by atoms with Gasteiger partial charge in [0.15, 0.2) is 0 Å². The number of pyridine rings is 1. The molecule has 0 amide bonds. The number of H-pyrrole nitrogens is 1. The van der Waals surface area contributed by atoms with E-state index in [2.05, 4.69) is 15.0 Å². The van der Waals surface area contributed by atoms with Gasteiger partial charge in [-0.15, -0.1) is 0 Å². The highest BCUT2D eigenvalue weighted by Crippen LogP contribution is 2.29. The molecule has 0 aliphatic carbocycles. The van der Waals surface area contributed by atoms with Crippen LogP contribution < -0.4 is 11.2 Å². The molecule has 31 heavy (non-hydrogen) atoms. The molecule has 5 rings (SSSR count). The van der Waals surface area contributed by atoms with E-state index in [1.807, 2.05) is 4.90 Å². The first kappa shape index (κ1) is 19.9. The number of hydrogen-bond acceptors (Lipinski definition) is 6. The Morgan fingerprint density at radius 2 is 1.94 bits per heavy atom. The molecule has 0 radical (unpaired) electrons. The van der Waals surface area contributed by atoms with Gasteiger partial charge in [-0.25, -0.2) is 9.78 Å². The summed E-state index contributed by atoms with van der Waals surface area (Å²) in [5.41, 5.74) is 2.20. The van der Waals surface area contributed by atoms with E-state index in [0.29, 0.717) is 57.5 Å². The molecular formula is C22H16Cl2N4O3. The molecule has 0 atom stereocenters. The summed E-state index contributed by atoms with van der Waals surface area (Å²) in [6.45, 7) is 1.24. The van der Waals surface area contributed by atoms with Crippen LogP contribution in [-0.4, -0.2) is 26.4 Å². The molecule has 7 nitrogen and oxygen atoms in total. The highest BCUT2D eigenvalue weighted by Gasteiger charge is 2.24. The summed E-state index contributed by atoms with van der Waals surface area (Å²) in [5, 5.41) is 1.41. The normalized spacial score (nSPS) is 14.0. The molecule has 0 saturated heterocycles. The Labute approximate surface area is 186 Å². The van der Waals surface area contributed by atoms with Crippen LogP contribution in [0.3, 0.4) is 0 Å². The lowest BCUT2D eigenvalue weighted by atomic mass is 10.1. The van der Waals surface area contributed by atoms with Gasteiger partial charge in [0.25, 0.3) is 5.56 Å². The van der Waals surface area contributed by atoms with E-state index in [1.165, 1.54) is 0 Å². The molecule has 9 heteroatoms. The number of aromatic nitrogens is 3. The molecule has 1 N–H and O–H groups in total. The monoisotopic (exact) mass is 454 g/mol. The number of aromatic amines is 1. The average Bonchev–Trinajstić information content (AvgIpc) is 2.78. The summed E-state index contributed by atoms with van der Waals surface area (Å²) in [6.07, 6.45) is 3.89. The second-order valence-electron chi connectivity index (χ2n) is 7.36. The van der Waals surface area contributed by atoms with Crippen molar-refractivity contribution in [2.45, 2.75) is 19.5 Å². The molecule has 3 aromatic heterocycles. The van der Waals surface area contributed by atoms with Crippen molar-refractivity contribution in [3.05, 3.63) is 90.4 Å². The maximum Gasteiger partial charge on any atom is 0.342 e. The Bertz CT molecular complexity index is 1420. The molecule has 0 spiro atoms. The van der Waals surface area contributed by atoms with Crippen LogP contribution in [0.5, 0.6) is 0 Å². The Morgan fingerprint density at radius 1 is 1.13 bits per heavy atom. The van der Waals surface area contributed by atoms with Crippen LogP contribution in [0.2, 0.25) is 10.0 Å². The minimum atomic E-state index is -0.495.